The molecular formula is C21H26N2O5S. The molecule has 1 heterocycles. The summed E-state index contributed by atoms with van der Waals surface area (Å²) < 4.78 is 37.8. The third-order valence-corrected chi connectivity index (χ3v) is 6.18. The van der Waals surface area contributed by atoms with Crippen LogP contribution in [0.5, 0.6) is 5.75 Å². The minimum atomic E-state index is -3.55. The maximum atomic E-state index is 12.5. The van der Waals surface area contributed by atoms with Gasteiger partial charge in [-0.05, 0) is 29.7 Å². The van der Waals surface area contributed by atoms with Crippen molar-refractivity contribution in [1.29, 1.82) is 0 Å². The van der Waals surface area contributed by atoms with Crippen LogP contribution in [-0.2, 0) is 26.0 Å². The first kappa shape index (κ1) is 21.3. The Morgan fingerprint density at radius 2 is 1.90 bits per heavy atom. The Kier molecular flexibility index (Phi) is 7.24. The number of aryl methyl sites for hydroxylation is 1. The number of hydrogen-bond acceptors (Lipinski definition) is 5. The molecule has 0 aromatic heterocycles. The number of nitrogens with zero attached hydrogens (tertiary/aromatic N) is 1. The Morgan fingerprint density at radius 1 is 1.17 bits per heavy atom. The van der Waals surface area contributed by atoms with Crippen LogP contribution in [-0.4, -0.2) is 58.3 Å². The number of hydrogen-bond donors (Lipinski definition) is 1. The van der Waals surface area contributed by atoms with Gasteiger partial charge in [0.25, 0.3) is 0 Å². The molecule has 1 fully saturated rings. The fourth-order valence-electron chi connectivity index (χ4n) is 3.15. The zero-order valence-corrected chi connectivity index (χ0v) is 17.2. The van der Waals surface area contributed by atoms with Crippen molar-refractivity contribution >= 4 is 15.9 Å². The lowest BCUT2D eigenvalue weighted by Crippen LogP contribution is -2.46. The van der Waals surface area contributed by atoms with E-state index >= 15 is 0 Å². The molecule has 156 valence electrons. The molecule has 1 atom stereocenters. The molecule has 0 bridgehead atoms. The number of morpholine rings is 1. The van der Waals surface area contributed by atoms with Gasteiger partial charge in [0, 0.05) is 6.54 Å². The standard InChI is InChI=1S/C21H26N2O5S/c1-27-19-9-7-17(8-10-19)11-14-29(25,26)22-15-21(24)23-12-13-28-20(16-23)18-5-3-2-4-6-18/h2-10,20,22H,11-16H2,1H3/t20-/m0/s1. The van der Waals surface area contributed by atoms with Crippen LogP contribution in [0.15, 0.2) is 54.6 Å². The maximum absolute atomic E-state index is 12.5. The van der Waals surface area contributed by atoms with E-state index in [4.69, 9.17) is 9.47 Å². The molecule has 2 aromatic carbocycles. The van der Waals surface area contributed by atoms with Gasteiger partial charge in [-0.1, -0.05) is 42.5 Å². The number of rotatable bonds is 8. The zero-order valence-electron chi connectivity index (χ0n) is 16.4. The number of nitrogens with one attached hydrogen (secondary N) is 1. The van der Waals surface area contributed by atoms with Gasteiger partial charge in [0.05, 0.1) is 32.6 Å². The first-order chi connectivity index (χ1) is 14.0. The molecule has 0 radical (unpaired) electrons. The fourth-order valence-corrected chi connectivity index (χ4v) is 4.14. The monoisotopic (exact) mass is 418 g/mol. The first-order valence-corrected chi connectivity index (χ1v) is 11.2. The van der Waals surface area contributed by atoms with Gasteiger partial charge >= 0.3 is 0 Å². The molecule has 0 spiro atoms. The molecule has 1 saturated heterocycles. The summed E-state index contributed by atoms with van der Waals surface area (Å²) in [4.78, 5) is 14.1. The molecule has 3 rings (SSSR count). The van der Waals surface area contributed by atoms with Crippen LogP contribution >= 0.6 is 0 Å². The van der Waals surface area contributed by atoms with E-state index in [2.05, 4.69) is 4.72 Å². The molecule has 8 heteroatoms. The van der Waals surface area contributed by atoms with Crippen LogP contribution in [0.1, 0.15) is 17.2 Å². The largest absolute Gasteiger partial charge is 0.497 e. The van der Waals surface area contributed by atoms with Crippen molar-refractivity contribution in [2.75, 3.05) is 39.1 Å². The average Bonchev–Trinajstić information content (AvgIpc) is 2.77. The lowest BCUT2D eigenvalue weighted by Gasteiger charge is -2.33. The first-order valence-electron chi connectivity index (χ1n) is 9.51. The molecule has 0 aliphatic carbocycles. The van der Waals surface area contributed by atoms with Gasteiger partial charge in [-0.25, -0.2) is 13.1 Å². The maximum Gasteiger partial charge on any atom is 0.237 e. The summed E-state index contributed by atoms with van der Waals surface area (Å²) in [7, 11) is -1.97. The fraction of sp³-hybridized carbons (Fsp3) is 0.381. The number of amides is 1. The minimum absolute atomic E-state index is 0.0810. The highest BCUT2D eigenvalue weighted by molar-refractivity contribution is 7.89. The quantitative estimate of drug-likeness (QED) is 0.706. The van der Waals surface area contributed by atoms with Gasteiger partial charge in [0.1, 0.15) is 11.9 Å². The van der Waals surface area contributed by atoms with Crippen molar-refractivity contribution in [2.24, 2.45) is 0 Å². The summed E-state index contributed by atoms with van der Waals surface area (Å²) in [6.07, 6.45) is 0.168. The lowest BCUT2D eigenvalue weighted by molar-refractivity contribution is -0.137. The van der Waals surface area contributed by atoms with Crippen LogP contribution in [0.25, 0.3) is 0 Å². The second-order valence-corrected chi connectivity index (χ2v) is 8.77. The Labute approximate surface area is 171 Å². The Balaban J connectivity index is 1.48. The van der Waals surface area contributed by atoms with E-state index in [-0.39, 0.29) is 24.3 Å². The SMILES string of the molecule is COc1ccc(CCS(=O)(=O)NCC(=O)N2CCO[C@H](c3ccccc3)C2)cc1. The summed E-state index contributed by atoms with van der Waals surface area (Å²) in [6, 6.07) is 16.9. The summed E-state index contributed by atoms with van der Waals surface area (Å²) in [5.41, 5.74) is 1.89. The molecule has 1 aliphatic heterocycles. The predicted molar refractivity (Wildman–Crippen MR) is 110 cm³/mol. The van der Waals surface area contributed by atoms with Crippen molar-refractivity contribution < 1.29 is 22.7 Å². The Bertz CT molecular complexity index is 900. The number of carbonyl (C=O) groups excluding carboxylic acids is 1. The van der Waals surface area contributed by atoms with Crippen molar-refractivity contribution in [2.45, 2.75) is 12.5 Å². The number of carbonyl (C=O) groups is 1. The summed E-state index contributed by atoms with van der Waals surface area (Å²) in [5.74, 6) is 0.393. The highest BCUT2D eigenvalue weighted by atomic mass is 32.2. The average molecular weight is 419 g/mol. The molecule has 29 heavy (non-hydrogen) atoms. The predicted octanol–water partition coefficient (Wildman–Crippen LogP) is 1.76. The zero-order chi connectivity index (χ0) is 20.7. The molecule has 2 aromatic rings. The summed E-state index contributed by atoms with van der Waals surface area (Å²) in [5, 5.41) is 0. The Hall–Kier alpha value is -2.42. The smallest absolute Gasteiger partial charge is 0.237 e. The Morgan fingerprint density at radius 3 is 2.59 bits per heavy atom. The summed E-state index contributed by atoms with van der Waals surface area (Å²) in [6.45, 7) is 1.05. The molecule has 1 N–H and O–H groups in total. The molecule has 7 nitrogen and oxygen atoms in total. The van der Waals surface area contributed by atoms with E-state index in [1.54, 1.807) is 24.1 Å². The molecule has 1 amide bonds. The highest BCUT2D eigenvalue weighted by Crippen LogP contribution is 2.21. The minimum Gasteiger partial charge on any atom is -0.497 e. The van der Waals surface area contributed by atoms with Crippen molar-refractivity contribution in [1.82, 2.24) is 9.62 Å². The number of benzene rings is 2. The van der Waals surface area contributed by atoms with E-state index in [9.17, 15) is 13.2 Å². The number of sulfonamides is 1. The third-order valence-electron chi connectivity index (χ3n) is 4.85. The van der Waals surface area contributed by atoms with Gasteiger partial charge in [-0.3, -0.25) is 4.79 Å². The van der Waals surface area contributed by atoms with E-state index in [1.165, 1.54) is 0 Å². The second-order valence-electron chi connectivity index (χ2n) is 6.85. The van der Waals surface area contributed by atoms with Gasteiger partial charge in [0.2, 0.25) is 15.9 Å². The van der Waals surface area contributed by atoms with Crippen LogP contribution in [0.4, 0.5) is 0 Å². The molecule has 0 saturated carbocycles. The van der Waals surface area contributed by atoms with Gasteiger partial charge in [0.15, 0.2) is 0 Å². The van der Waals surface area contributed by atoms with Crippen LogP contribution < -0.4 is 9.46 Å². The summed E-state index contributed by atoms with van der Waals surface area (Å²) >= 11 is 0. The van der Waals surface area contributed by atoms with Gasteiger partial charge < -0.3 is 14.4 Å². The van der Waals surface area contributed by atoms with Gasteiger partial charge in [-0.2, -0.15) is 0 Å². The number of methoxy groups -OCH3 is 1. The topological polar surface area (TPSA) is 84.9 Å². The van der Waals surface area contributed by atoms with Crippen LogP contribution in [0.3, 0.4) is 0 Å². The molecular weight excluding hydrogens is 392 g/mol. The lowest BCUT2D eigenvalue weighted by atomic mass is 10.1. The van der Waals surface area contributed by atoms with E-state index in [0.29, 0.717) is 26.1 Å². The van der Waals surface area contributed by atoms with E-state index in [1.807, 2.05) is 42.5 Å². The van der Waals surface area contributed by atoms with E-state index < -0.39 is 10.0 Å². The van der Waals surface area contributed by atoms with Gasteiger partial charge in [-0.15, -0.1) is 0 Å². The normalized spacial score (nSPS) is 17.1. The second kappa shape index (κ2) is 9.87. The van der Waals surface area contributed by atoms with Crippen LogP contribution in [0, 0.1) is 0 Å². The molecule has 1 aliphatic rings. The highest BCUT2D eigenvalue weighted by Gasteiger charge is 2.26. The van der Waals surface area contributed by atoms with Crippen molar-refractivity contribution in [3.63, 3.8) is 0 Å². The van der Waals surface area contributed by atoms with Crippen molar-refractivity contribution in [3.05, 3.63) is 65.7 Å². The van der Waals surface area contributed by atoms with Crippen molar-refractivity contribution in [3.8, 4) is 5.75 Å². The third kappa shape index (κ3) is 6.28. The number of ether oxygens (including phenoxy) is 2. The molecule has 0 unspecified atom stereocenters. The van der Waals surface area contributed by atoms with E-state index in [0.717, 1.165) is 16.9 Å². The van der Waals surface area contributed by atoms with Crippen LogP contribution in [0.2, 0.25) is 0 Å².